The Morgan fingerprint density at radius 2 is 1.80 bits per heavy atom. The number of nitrogens with two attached hydrogens (primary N) is 1. The molecular weight excluding hydrogens is 338 g/mol. The maximum atomic E-state index is 11.9. The minimum absolute atomic E-state index is 0.107. The zero-order valence-corrected chi connectivity index (χ0v) is 14.2. The number of nitrogens with one attached hydrogen (secondary N) is 1. The van der Waals surface area contributed by atoms with Crippen molar-refractivity contribution in [2.45, 2.75) is 5.75 Å². The Morgan fingerprint density at radius 1 is 1.12 bits per heavy atom. The molecule has 2 aromatic rings. The van der Waals surface area contributed by atoms with Crippen molar-refractivity contribution in [3.8, 4) is 11.8 Å². The number of primary amides is 1. The molecule has 2 rings (SSSR count). The molecule has 0 saturated heterocycles. The highest BCUT2D eigenvalue weighted by Crippen LogP contribution is 2.17. The number of hydrogen-bond donors (Lipinski definition) is 2. The molecule has 6 nitrogen and oxygen atoms in total. The van der Waals surface area contributed by atoms with Gasteiger partial charge >= 0.3 is 0 Å². The van der Waals surface area contributed by atoms with Gasteiger partial charge in [-0.1, -0.05) is 12.1 Å². The van der Waals surface area contributed by atoms with Crippen molar-refractivity contribution in [1.29, 1.82) is 5.26 Å². The summed E-state index contributed by atoms with van der Waals surface area (Å²) < 4.78 is 5.15. The SMILES string of the molecule is N#Cc1ccc(CSCC(=O)Nc2ccc(OCC(N)=O)cc2)cc1. The molecule has 0 bridgehead atoms. The summed E-state index contributed by atoms with van der Waals surface area (Å²) in [5.41, 5.74) is 7.33. The van der Waals surface area contributed by atoms with Gasteiger partial charge in [0, 0.05) is 11.4 Å². The van der Waals surface area contributed by atoms with Gasteiger partial charge in [0.2, 0.25) is 5.91 Å². The summed E-state index contributed by atoms with van der Waals surface area (Å²) in [6, 6.07) is 16.1. The van der Waals surface area contributed by atoms with Crippen molar-refractivity contribution in [2.75, 3.05) is 17.7 Å². The predicted molar refractivity (Wildman–Crippen MR) is 97.1 cm³/mol. The summed E-state index contributed by atoms with van der Waals surface area (Å²) in [6.45, 7) is -0.183. The van der Waals surface area contributed by atoms with Gasteiger partial charge in [-0.15, -0.1) is 11.8 Å². The van der Waals surface area contributed by atoms with Crippen molar-refractivity contribution in [3.63, 3.8) is 0 Å². The number of nitriles is 1. The highest BCUT2D eigenvalue weighted by molar-refractivity contribution is 7.99. The number of hydrogen-bond acceptors (Lipinski definition) is 5. The van der Waals surface area contributed by atoms with Gasteiger partial charge in [0.1, 0.15) is 5.75 Å². The Morgan fingerprint density at radius 3 is 2.40 bits per heavy atom. The van der Waals surface area contributed by atoms with Crippen LogP contribution in [0.1, 0.15) is 11.1 Å². The quantitative estimate of drug-likeness (QED) is 0.756. The normalized spacial score (nSPS) is 9.88. The molecule has 2 aromatic carbocycles. The zero-order valence-electron chi connectivity index (χ0n) is 13.4. The summed E-state index contributed by atoms with van der Waals surface area (Å²) in [4.78, 5) is 22.6. The van der Waals surface area contributed by atoms with Crippen molar-refractivity contribution < 1.29 is 14.3 Å². The molecule has 2 amide bonds. The summed E-state index contributed by atoms with van der Waals surface area (Å²) >= 11 is 1.49. The van der Waals surface area contributed by atoms with Crippen molar-refractivity contribution in [3.05, 3.63) is 59.7 Å². The summed E-state index contributed by atoms with van der Waals surface area (Å²) in [5, 5.41) is 11.5. The van der Waals surface area contributed by atoms with Gasteiger partial charge in [0.25, 0.3) is 5.91 Å². The second-order valence-electron chi connectivity index (χ2n) is 5.13. The van der Waals surface area contributed by atoms with Gasteiger partial charge in [-0.3, -0.25) is 9.59 Å². The third-order valence-electron chi connectivity index (χ3n) is 3.10. The number of benzene rings is 2. The van der Waals surface area contributed by atoms with E-state index in [1.54, 1.807) is 36.4 Å². The lowest BCUT2D eigenvalue weighted by atomic mass is 10.2. The van der Waals surface area contributed by atoms with Crippen LogP contribution < -0.4 is 15.8 Å². The monoisotopic (exact) mass is 355 g/mol. The topological polar surface area (TPSA) is 105 Å². The number of thioether (sulfide) groups is 1. The van der Waals surface area contributed by atoms with Crippen LogP contribution in [0.3, 0.4) is 0 Å². The van der Waals surface area contributed by atoms with Crippen LogP contribution in [0.4, 0.5) is 5.69 Å². The highest BCUT2D eigenvalue weighted by atomic mass is 32.2. The highest BCUT2D eigenvalue weighted by Gasteiger charge is 2.04. The van der Waals surface area contributed by atoms with Gasteiger partial charge in [-0.2, -0.15) is 5.26 Å². The van der Waals surface area contributed by atoms with Crippen LogP contribution in [0.2, 0.25) is 0 Å². The molecule has 0 saturated carbocycles. The van der Waals surface area contributed by atoms with Crippen molar-refractivity contribution in [2.24, 2.45) is 5.73 Å². The third-order valence-corrected chi connectivity index (χ3v) is 4.11. The molecule has 0 unspecified atom stereocenters. The Bertz CT molecular complexity index is 768. The summed E-state index contributed by atoms with van der Waals surface area (Å²) in [7, 11) is 0. The van der Waals surface area contributed by atoms with Crippen LogP contribution in [0.15, 0.2) is 48.5 Å². The van der Waals surface area contributed by atoms with E-state index in [4.69, 9.17) is 15.7 Å². The number of amides is 2. The Kier molecular flexibility index (Phi) is 6.87. The van der Waals surface area contributed by atoms with Gasteiger partial charge < -0.3 is 15.8 Å². The standard InChI is InChI=1S/C18H17N3O3S/c19-9-13-1-3-14(4-2-13)11-25-12-18(23)21-15-5-7-16(8-6-15)24-10-17(20)22/h1-8H,10-12H2,(H2,20,22)(H,21,23). The molecular formula is C18H17N3O3S. The number of rotatable bonds is 8. The van der Waals surface area contributed by atoms with Gasteiger partial charge in [0.05, 0.1) is 17.4 Å². The molecule has 0 spiro atoms. The van der Waals surface area contributed by atoms with E-state index in [0.29, 0.717) is 28.5 Å². The van der Waals surface area contributed by atoms with E-state index >= 15 is 0 Å². The van der Waals surface area contributed by atoms with Crippen LogP contribution in [0, 0.1) is 11.3 Å². The lowest BCUT2D eigenvalue weighted by Gasteiger charge is -2.07. The fourth-order valence-electron chi connectivity index (χ4n) is 1.92. The largest absolute Gasteiger partial charge is 0.484 e. The smallest absolute Gasteiger partial charge is 0.255 e. The Balaban J connectivity index is 1.74. The molecule has 128 valence electrons. The van der Waals surface area contributed by atoms with E-state index in [1.165, 1.54) is 11.8 Å². The number of nitrogens with zero attached hydrogens (tertiary/aromatic N) is 1. The molecule has 0 fully saturated rings. The molecule has 0 heterocycles. The number of carbonyl (C=O) groups excluding carboxylic acids is 2. The van der Waals surface area contributed by atoms with Gasteiger partial charge in [-0.25, -0.2) is 0 Å². The molecule has 0 aliphatic rings. The van der Waals surface area contributed by atoms with E-state index in [-0.39, 0.29) is 12.5 Å². The number of ether oxygens (including phenoxy) is 1. The number of carbonyl (C=O) groups is 2. The lowest BCUT2D eigenvalue weighted by Crippen LogP contribution is -2.20. The lowest BCUT2D eigenvalue weighted by molar-refractivity contribution is -0.120. The first-order chi connectivity index (χ1) is 12.1. The van der Waals surface area contributed by atoms with Gasteiger partial charge in [-0.05, 0) is 42.0 Å². The molecule has 3 N–H and O–H groups in total. The third kappa shape index (κ3) is 6.57. The van der Waals surface area contributed by atoms with E-state index in [0.717, 1.165) is 5.56 Å². The Labute approximate surface area is 150 Å². The fourth-order valence-corrected chi connectivity index (χ4v) is 2.71. The minimum Gasteiger partial charge on any atom is -0.484 e. The minimum atomic E-state index is -0.545. The van der Waals surface area contributed by atoms with Crippen LogP contribution in [0.25, 0.3) is 0 Å². The molecule has 25 heavy (non-hydrogen) atoms. The van der Waals surface area contributed by atoms with E-state index in [1.807, 2.05) is 12.1 Å². The van der Waals surface area contributed by atoms with Crippen LogP contribution in [0.5, 0.6) is 5.75 Å². The van der Waals surface area contributed by atoms with E-state index in [2.05, 4.69) is 11.4 Å². The fraction of sp³-hybridized carbons (Fsp3) is 0.167. The maximum Gasteiger partial charge on any atom is 0.255 e. The Hall–Kier alpha value is -2.98. The second kappa shape index (κ2) is 9.35. The molecule has 0 aliphatic carbocycles. The van der Waals surface area contributed by atoms with Gasteiger partial charge in [0.15, 0.2) is 6.61 Å². The average Bonchev–Trinajstić information content (AvgIpc) is 2.61. The van der Waals surface area contributed by atoms with Crippen molar-refractivity contribution >= 4 is 29.3 Å². The first-order valence-electron chi connectivity index (χ1n) is 7.44. The summed E-state index contributed by atoms with van der Waals surface area (Å²) in [6.07, 6.45) is 0. The molecule has 0 aliphatic heterocycles. The summed E-state index contributed by atoms with van der Waals surface area (Å²) in [5.74, 6) is 0.868. The molecule has 0 aromatic heterocycles. The maximum absolute atomic E-state index is 11.9. The average molecular weight is 355 g/mol. The second-order valence-corrected chi connectivity index (χ2v) is 6.11. The predicted octanol–water partition coefficient (Wildman–Crippen LogP) is 2.29. The number of anilines is 1. The van der Waals surface area contributed by atoms with Crippen LogP contribution in [-0.4, -0.2) is 24.2 Å². The van der Waals surface area contributed by atoms with Crippen LogP contribution >= 0.6 is 11.8 Å². The van der Waals surface area contributed by atoms with E-state index < -0.39 is 5.91 Å². The van der Waals surface area contributed by atoms with Crippen LogP contribution in [-0.2, 0) is 15.3 Å². The molecule has 7 heteroatoms. The molecule has 0 radical (unpaired) electrons. The first-order valence-corrected chi connectivity index (χ1v) is 8.60. The first kappa shape index (κ1) is 18.4. The van der Waals surface area contributed by atoms with Crippen molar-refractivity contribution in [1.82, 2.24) is 0 Å². The zero-order chi connectivity index (χ0) is 18.1. The molecule has 0 atom stereocenters. The van der Waals surface area contributed by atoms with E-state index in [9.17, 15) is 9.59 Å².